The lowest BCUT2D eigenvalue weighted by Gasteiger charge is -2.24. The highest BCUT2D eigenvalue weighted by Crippen LogP contribution is 2.31. The first kappa shape index (κ1) is 16.6. The van der Waals surface area contributed by atoms with E-state index >= 15 is 0 Å². The SMILES string of the molecule is CCN(CC)CC(C)Nc1cc(C(F)(F)F)cc(N)n1. The van der Waals surface area contributed by atoms with E-state index in [4.69, 9.17) is 5.73 Å². The number of nitrogens with one attached hydrogen (secondary N) is 1. The molecule has 1 rings (SSSR count). The van der Waals surface area contributed by atoms with E-state index in [0.717, 1.165) is 31.8 Å². The maximum Gasteiger partial charge on any atom is 0.416 e. The summed E-state index contributed by atoms with van der Waals surface area (Å²) in [7, 11) is 0. The Labute approximate surface area is 117 Å². The van der Waals surface area contributed by atoms with Gasteiger partial charge in [0.25, 0.3) is 0 Å². The largest absolute Gasteiger partial charge is 0.416 e. The van der Waals surface area contributed by atoms with Gasteiger partial charge in [-0.05, 0) is 32.1 Å². The summed E-state index contributed by atoms with van der Waals surface area (Å²) in [6.45, 7) is 8.48. The first-order valence-corrected chi connectivity index (χ1v) is 6.59. The second kappa shape index (κ2) is 6.78. The molecule has 0 fully saturated rings. The molecule has 0 saturated heterocycles. The molecule has 0 aliphatic carbocycles. The molecule has 0 aliphatic heterocycles. The van der Waals surface area contributed by atoms with E-state index in [1.165, 1.54) is 0 Å². The van der Waals surface area contributed by atoms with Gasteiger partial charge in [-0.3, -0.25) is 0 Å². The summed E-state index contributed by atoms with van der Waals surface area (Å²) in [4.78, 5) is 6.07. The van der Waals surface area contributed by atoms with Gasteiger partial charge in [0.2, 0.25) is 0 Å². The van der Waals surface area contributed by atoms with Crippen LogP contribution in [0.25, 0.3) is 0 Å². The van der Waals surface area contributed by atoms with Crippen molar-refractivity contribution in [3.05, 3.63) is 17.7 Å². The first-order valence-electron chi connectivity index (χ1n) is 6.59. The molecule has 4 nitrogen and oxygen atoms in total. The van der Waals surface area contributed by atoms with Crippen LogP contribution < -0.4 is 11.1 Å². The van der Waals surface area contributed by atoms with Crippen LogP contribution in [0, 0.1) is 0 Å². The zero-order valence-corrected chi connectivity index (χ0v) is 12.0. The van der Waals surface area contributed by atoms with E-state index in [-0.39, 0.29) is 17.7 Å². The van der Waals surface area contributed by atoms with Crippen molar-refractivity contribution in [3.63, 3.8) is 0 Å². The molecule has 7 heteroatoms. The van der Waals surface area contributed by atoms with Crippen LogP contribution in [0.15, 0.2) is 12.1 Å². The molecule has 0 aliphatic rings. The number of likely N-dealkylation sites (N-methyl/N-ethyl adjacent to an activating group) is 1. The number of nitrogen functional groups attached to an aromatic ring is 1. The molecular formula is C13H21F3N4. The Bertz CT molecular complexity index is 430. The minimum absolute atomic E-state index is 0.0229. The van der Waals surface area contributed by atoms with Crippen molar-refractivity contribution in [2.75, 3.05) is 30.7 Å². The van der Waals surface area contributed by atoms with Crippen LogP contribution in [-0.4, -0.2) is 35.6 Å². The predicted molar refractivity (Wildman–Crippen MR) is 74.5 cm³/mol. The average molecular weight is 290 g/mol. The Morgan fingerprint density at radius 3 is 2.40 bits per heavy atom. The highest BCUT2D eigenvalue weighted by molar-refractivity contribution is 5.47. The Hall–Kier alpha value is -1.50. The summed E-state index contributed by atoms with van der Waals surface area (Å²) in [5.41, 5.74) is 4.63. The number of rotatable bonds is 6. The van der Waals surface area contributed by atoms with Gasteiger partial charge in [-0.2, -0.15) is 13.2 Å². The molecule has 0 bridgehead atoms. The molecule has 1 heterocycles. The van der Waals surface area contributed by atoms with Crippen molar-refractivity contribution in [2.24, 2.45) is 0 Å². The van der Waals surface area contributed by atoms with E-state index in [2.05, 4.69) is 15.2 Å². The Morgan fingerprint density at radius 1 is 1.30 bits per heavy atom. The van der Waals surface area contributed by atoms with E-state index in [1.807, 2.05) is 20.8 Å². The van der Waals surface area contributed by atoms with Crippen LogP contribution in [0.1, 0.15) is 26.3 Å². The molecule has 1 atom stereocenters. The van der Waals surface area contributed by atoms with Gasteiger partial charge in [0.05, 0.1) is 5.56 Å². The predicted octanol–water partition coefficient (Wildman–Crippen LogP) is 2.82. The molecule has 1 aromatic heterocycles. The molecular weight excluding hydrogens is 269 g/mol. The minimum Gasteiger partial charge on any atom is -0.384 e. The van der Waals surface area contributed by atoms with E-state index in [0.29, 0.717) is 0 Å². The third-order valence-electron chi connectivity index (χ3n) is 2.99. The number of nitrogens with zero attached hydrogens (tertiary/aromatic N) is 2. The van der Waals surface area contributed by atoms with Gasteiger partial charge < -0.3 is 16.0 Å². The zero-order valence-electron chi connectivity index (χ0n) is 12.0. The van der Waals surface area contributed by atoms with Crippen LogP contribution in [0.2, 0.25) is 0 Å². The zero-order chi connectivity index (χ0) is 15.3. The van der Waals surface area contributed by atoms with Gasteiger partial charge >= 0.3 is 6.18 Å². The van der Waals surface area contributed by atoms with Gasteiger partial charge in [0.1, 0.15) is 11.6 Å². The van der Waals surface area contributed by atoms with Crippen molar-refractivity contribution in [3.8, 4) is 0 Å². The number of nitrogens with two attached hydrogens (primary N) is 1. The van der Waals surface area contributed by atoms with Gasteiger partial charge in [0, 0.05) is 12.6 Å². The lowest BCUT2D eigenvalue weighted by molar-refractivity contribution is -0.137. The normalized spacial score (nSPS) is 13.6. The van der Waals surface area contributed by atoms with Crippen LogP contribution in [0.4, 0.5) is 24.8 Å². The van der Waals surface area contributed by atoms with Crippen molar-refractivity contribution < 1.29 is 13.2 Å². The van der Waals surface area contributed by atoms with Crippen molar-refractivity contribution in [1.82, 2.24) is 9.88 Å². The number of aromatic nitrogens is 1. The fourth-order valence-electron chi connectivity index (χ4n) is 1.96. The monoisotopic (exact) mass is 290 g/mol. The second-order valence-corrected chi connectivity index (χ2v) is 4.69. The fraction of sp³-hybridized carbons (Fsp3) is 0.615. The molecule has 1 unspecified atom stereocenters. The number of hydrogen-bond donors (Lipinski definition) is 2. The summed E-state index contributed by atoms with van der Waals surface area (Å²) in [5.74, 6) is 0.00865. The lowest BCUT2D eigenvalue weighted by Crippen LogP contribution is -2.35. The van der Waals surface area contributed by atoms with Crippen LogP contribution in [-0.2, 0) is 6.18 Å². The Kier molecular flexibility index (Phi) is 5.62. The molecule has 3 N–H and O–H groups in total. The van der Waals surface area contributed by atoms with E-state index in [1.54, 1.807) is 0 Å². The third-order valence-corrected chi connectivity index (χ3v) is 2.99. The maximum atomic E-state index is 12.7. The summed E-state index contributed by atoms with van der Waals surface area (Å²) in [6.07, 6.45) is -4.42. The van der Waals surface area contributed by atoms with Crippen molar-refractivity contribution in [1.29, 1.82) is 0 Å². The highest BCUT2D eigenvalue weighted by atomic mass is 19.4. The molecule has 0 saturated carbocycles. The van der Waals surface area contributed by atoms with E-state index in [9.17, 15) is 13.2 Å². The first-order chi connectivity index (χ1) is 9.26. The van der Waals surface area contributed by atoms with Crippen molar-refractivity contribution >= 4 is 11.6 Å². The quantitative estimate of drug-likeness (QED) is 0.846. The summed E-state index contributed by atoms with van der Waals surface area (Å²) in [5, 5.41) is 2.96. The smallest absolute Gasteiger partial charge is 0.384 e. The van der Waals surface area contributed by atoms with Gasteiger partial charge in [-0.25, -0.2) is 4.98 Å². The standard InChI is InChI=1S/C13H21F3N4/c1-4-20(5-2)8-9(3)18-12-7-10(13(14,15)16)6-11(17)19-12/h6-7,9H,4-5,8H2,1-3H3,(H3,17,18,19). The summed E-state index contributed by atoms with van der Waals surface area (Å²) in [6, 6.07) is 1.79. The lowest BCUT2D eigenvalue weighted by atomic mass is 10.2. The topological polar surface area (TPSA) is 54.2 Å². The number of anilines is 2. The number of pyridine rings is 1. The molecule has 1 aromatic rings. The molecule has 0 radical (unpaired) electrons. The summed E-state index contributed by atoms with van der Waals surface area (Å²) < 4.78 is 38.1. The minimum atomic E-state index is -4.42. The molecule has 0 spiro atoms. The number of alkyl halides is 3. The Balaban J connectivity index is 2.79. The number of hydrogen-bond acceptors (Lipinski definition) is 4. The fourth-order valence-corrected chi connectivity index (χ4v) is 1.96. The van der Waals surface area contributed by atoms with Gasteiger partial charge in [-0.15, -0.1) is 0 Å². The molecule has 114 valence electrons. The van der Waals surface area contributed by atoms with Crippen molar-refractivity contribution in [2.45, 2.75) is 33.0 Å². The average Bonchev–Trinajstić information content (AvgIpc) is 2.34. The van der Waals surface area contributed by atoms with Gasteiger partial charge in [-0.1, -0.05) is 13.8 Å². The molecule has 20 heavy (non-hydrogen) atoms. The van der Waals surface area contributed by atoms with Crippen LogP contribution in [0.5, 0.6) is 0 Å². The van der Waals surface area contributed by atoms with Gasteiger partial charge in [0.15, 0.2) is 0 Å². The van der Waals surface area contributed by atoms with E-state index < -0.39 is 11.7 Å². The van der Waals surface area contributed by atoms with Crippen LogP contribution >= 0.6 is 0 Å². The third kappa shape index (κ3) is 4.88. The number of halogens is 3. The van der Waals surface area contributed by atoms with Crippen LogP contribution in [0.3, 0.4) is 0 Å². The molecule has 0 aromatic carbocycles. The highest BCUT2D eigenvalue weighted by Gasteiger charge is 2.31. The maximum absolute atomic E-state index is 12.7. The summed E-state index contributed by atoms with van der Waals surface area (Å²) >= 11 is 0. The molecule has 0 amide bonds. The Morgan fingerprint density at radius 2 is 1.90 bits per heavy atom. The second-order valence-electron chi connectivity index (χ2n) is 4.69.